The molecule has 0 aliphatic carbocycles. The molecule has 0 spiro atoms. The Kier molecular flexibility index (Phi) is 15.2. The smallest absolute Gasteiger partial charge is 0.191 e. The van der Waals surface area contributed by atoms with Gasteiger partial charge in [0.1, 0.15) is 12.4 Å². The summed E-state index contributed by atoms with van der Waals surface area (Å²) in [6.45, 7) is 12.9. The van der Waals surface area contributed by atoms with Gasteiger partial charge in [-0.25, -0.2) is 0 Å². The van der Waals surface area contributed by atoms with Gasteiger partial charge in [0.2, 0.25) is 0 Å². The minimum absolute atomic E-state index is 0. The van der Waals surface area contributed by atoms with Gasteiger partial charge in [0.25, 0.3) is 0 Å². The van der Waals surface area contributed by atoms with Crippen molar-refractivity contribution in [2.75, 3.05) is 40.5 Å². The summed E-state index contributed by atoms with van der Waals surface area (Å²) in [6.07, 6.45) is 1.09. The van der Waals surface area contributed by atoms with Crippen molar-refractivity contribution < 1.29 is 9.47 Å². The van der Waals surface area contributed by atoms with E-state index in [2.05, 4.69) is 60.4 Å². The molecule has 0 unspecified atom stereocenters. The third-order valence-corrected chi connectivity index (χ3v) is 4.38. The summed E-state index contributed by atoms with van der Waals surface area (Å²) < 4.78 is 10.6. The number of nitrogens with one attached hydrogen (secondary N) is 2. The third-order valence-electron chi connectivity index (χ3n) is 4.38. The van der Waals surface area contributed by atoms with Gasteiger partial charge in [0, 0.05) is 45.9 Å². The summed E-state index contributed by atoms with van der Waals surface area (Å²) in [6, 6.07) is 9.23. The van der Waals surface area contributed by atoms with Gasteiger partial charge in [0.15, 0.2) is 5.96 Å². The van der Waals surface area contributed by atoms with Crippen LogP contribution in [0.5, 0.6) is 5.75 Å². The number of hydrogen-bond donors (Lipinski definition) is 2. The van der Waals surface area contributed by atoms with Crippen LogP contribution in [0.15, 0.2) is 29.3 Å². The summed E-state index contributed by atoms with van der Waals surface area (Å²) >= 11 is 0. The van der Waals surface area contributed by atoms with Crippen molar-refractivity contribution in [1.82, 2.24) is 15.5 Å². The Bertz CT molecular complexity index is 528. The van der Waals surface area contributed by atoms with Gasteiger partial charge in [-0.05, 0) is 51.8 Å². The fourth-order valence-electron chi connectivity index (χ4n) is 2.93. The van der Waals surface area contributed by atoms with Crippen molar-refractivity contribution in [2.24, 2.45) is 4.99 Å². The van der Waals surface area contributed by atoms with E-state index in [1.54, 1.807) is 14.2 Å². The van der Waals surface area contributed by atoms with Crippen LogP contribution in [0.25, 0.3) is 0 Å². The Balaban J connectivity index is 0.00000729. The maximum Gasteiger partial charge on any atom is 0.191 e. The molecule has 28 heavy (non-hydrogen) atoms. The van der Waals surface area contributed by atoms with Crippen LogP contribution in [-0.4, -0.2) is 63.4 Å². The molecule has 0 bridgehead atoms. The minimum atomic E-state index is 0. The van der Waals surface area contributed by atoms with Crippen molar-refractivity contribution in [2.45, 2.75) is 52.7 Å². The van der Waals surface area contributed by atoms with Crippen LogP contribution in [0.4, 0.5) is 0 Å². The molecule has 1 aromatic carbocycles. The Morgan fingerprint density at radius 2 is 1.68 bits per heavy atom. The van der Waals surface area contributed by atoms with E-state index in [4.69, 9.17) is 9.47 Å². The minimum Gasteiger partial charge on any atom is -0.491 e. The van der Waals surface area contributed by atoms with Crippen molar-refractivity contribution in [3.63, 3.8) is 0 Å². The highest BCUT2D eigenvalue weighted by atomic mass is 127. The Morgan fingerprint density at radius 1 is 1.04 bits per heavy atom. The molecule has 0 aliphatic heterocycles. The largest absolute Gasteiger partial charge is 0.491 e. The first-order valence-corrected chi connectivity index (χ1v) is 9.88. The van der Waals surface area contributed by atoms with Gasteiger partial charge in [0.05, 0.1) is 6.61 Å². The number of ether oxygens (including phenoxy) is 2. The normalized spacial score (nSPS) is 11.7. The van der Waals surface area contributed by atoms with E-state index >= 15 is 0 Å². The topological polar surface area (TPSA) is 58.1 Å². The average molecular weight is 506 g/mol. The van der Waals surface area contributed by atoms with Crippen molar-refractivity contribution in [3.8, 4) is 5.75 Å². The number of methoxy groups -OCH3 is 1. The van der Waals surface area contributed by atoms with E-state index in [1.807, 2.05) is 12.1 Å². The van der Waals surface area contributed by atoms with Gasteiger partial charge < -0.3 is 20.1 Å². The molecule has 0 aliphatic rings. The molecule has 1 aromatic rings. The second kappa shape index (κ2) is 15.8. The van der Waals surface area contributed by atoms with Crippen LogP contribution < -0.4 is 15.4 Å². The van der Waals surface area contributed by atoms with Crippen LogP contribution in [-0.2, 0) is 11.3 Å². The highest BCUT2D eigenvalue weighted by Crippen LogP contribution is 2.12. The van der Waals surface area contributed by atoms with Crippen molar-refractivity contribution in [1.29, 1.82) is 0 Å². The molecular formula is C21H39IN4O2. The SMILES string of the molecule is CN=C(NCCCN(C(C)C)C(C)C)NCc1ccc(OCCOC)cc1.I. The van der Waals surface area contributed by atoms with Crippen LogP contribution >= 0.6 is 24.0 Å². The number of aliphatic imine (C=N–C) groups is 1. The first-order valence-electron chi connectivity index (χ1n) is 9.88. The molecule has 0 atom stereocenters. The van der Waals surface area contributed by atoms with E-state index in [0.717, 1.165) is 37.8 Å². The van der Waals surface area contributed by atoms with Crippen molar-refractivity contribution in [3.05, 3.63) is 29.8 Å². The number of benzene rings is 1. The molecule has 0 saturated carbocycles. The fourth-order valence-corrected chi connectivity index (χ4v) is 2.93. The first-order chi connectivity index (χ1) is 13.0. The number of hydrogen-bond acceptors (Lipinski definition) is 4. The summed E-state index contributed by atoms with van der Waals surface area (Å²) in [5.41, 5.74) is 1.18. The highest BCUT2D eigenvalue weighted by molar-refractivity contribution is 14.0. The van der Waals surface area contributed by atoms with Gasteiger partial charge >= 0.3 is 0 Å². The molecule has 0 heterocycles. The van der Waals surface area contributed by atoms with E-state index in [-0.39, 0.29) is 24.0 Å². The maximum atomic E-state index is 5.58. The number of guanidine groups is 1. The number of rotatable bonds is 12. The zero-order chi connectivity index (χ0) is 20.1. The second-order valence-corrected chi connectivity index (χ2v) is 7.12. The van der Waals surface area contributed by atoms with E-state index in [1.165, 1.54) is 5.56 Å². The molecule has 1 rings (SSSR count). The average Bonchev–Trinajstić information content (AvgIpc) is 2.64. The lowest BCUT2D eigenvalue weighted by atomic mass is 10.2. The van der Waals surface area contributed by atoms with E-state index in [0.29, 0.717) is 25.3 Å². The van der Waals surface area contributed by atoms with Crippen LogP contribution in [0.3, 0.4) is 0 Å². The lowest BCUT2D eigenvalue weighted by molar-refractivity contribution is 0.146. The first kappa shape index (κ1) is 26.9. The van der Waals surface area contributed by atoms with Gasteiger partial charge in [-0.3, -0.25) is 9.89 Å². The summed E-state index contributed by atoms with van der Waals surface area (Å²) in [4.78, 5) is 6.81. The molecule has 0 radical (unpaired) electrons. The van der Waals surface area contributed by atoms with Crippen molar-refractivity contribution >= 4 is 29.9 Å². The predicted molar refractivity (Wildman–Crippen MR) is 129 cm³/mol. The molecule has 0 amide bonds. The molecule has 162 valence electrons. The van der Waals surface area contributed by atoms with E-state index < -0.39 is 0 Å². The zero-order valence-corrected chi connectivity index (χ0v) is 20.7. The van der Waals surface area contributed by atoms with E-state index in [9.17, 15) is 0 Å². The Labute approximate surface area is 188 Å². The summed E-state index contributed by atoms with van der Waals surface area (Å²) in [7, 11) is 3.47. The van der Waals surface area contributed by atoms with Crippen LogP contribution in [0.1, 0.15) is 39.7 Å². The second-order valence-electron chi connectivity index (χ2n) is 7.12. The molecule has 2 N–H and O–H groups in total. The highest BCUT2D eigenvalue weighted by Gasteiger charge is 2.12. The Morgan fingerprint density at radius 3 is 2.21 bits per heavy atom. The van der Waals surface area contributed by atoms with Gasteiger partial charge in [-0.15, -0.1) is 24.0 Å². The summed E-state index contributed by atoms with van der Waals surface area (Å²) in [5, 5.41) is 6.75. The fraction of sp³-hybridized carbons (Fsp3) is 0.667. The summed E-state index contributed by atoms with van der Waals surface area (Å²) in [5.74, 6) is 1.69. The molecule has 0 aromatic heterocycles. The Hall–Kier alpha value is -1.06. The standard InChI is InChI=1S/C21H38N4O2.HI/c1-17(2)25(18(3)4)13-7-12-23-21(22-5)24-16-19-8-10-20(11-9-19)27-15-14-26-6;/h8-11,17-18H,7,12-16H2,1-6H3,(H2,22,23,24);1H. The number of halogens is 1. The maximum absolute atomic E-state index is 5.58. The zero-order valence-electron chi connectivity index (χ0n) is 18.3. The molecule has 6 nitrogen and oxygen atoms in total. The van der Waals surface area contributed by atoms with Crippen LogP contribution in [0.2, 0.25) is 0 Å². The lowest BCUT2D eigenvalue weighted by Gasteiger charge is -2.30. The third kappa shape index (κ3) is 11.1. The van der Waals surface area contributed by atoms with Gasteiger partial charge in [-0.1, -0.05) is 12.1 Å². The molecule has 0 fully saturated rings. The molecule has 0 saturated heterocycles. The van der Waals surface area contributed by atoms with Gasteiger partial charge in [-0.2, -0.15) is 0 Å². The number of nitrogens with zero attached hydrogens (tertiary/aromatic N) is 2. The lowest BCUT2D eigenvalue weighted by Crippen LogP contribution is -2.41. The molecule has 7 heteroatoms. The molecular weight excluding hydrogens is 467 g/mol. The predicted octanol–water partition coefficient (Wildman–Crippen LogP) is 3.50. The monoisotopic (exact) mass is 506 g/mol. The van der Waals surface area contributed by atoms with Crippen LogP contribution in [0, 0.1) is 0 Å². The quantitative estimate of drug-likeness (QED) is 0.197.